The van der Waals surface area contributed by atoms with Crippen LogP contribution >= 0.6 is 0 Å². The van der Waals surface area contributed by atoms with Crippen molar-refractivity contribution < 1.29 is 4.74 Å². The third kappa shape index (κ3) is 4.58. The number of nitrogens with zero attached hydrogens (tertiary/aromatic N) is 3. The average molecular weight is 281 g/mol. The second kappa shape index (κ2) is 5.47. The van der Waals surface area contributed by atoms with Gasteiger partial charge in [-0.1, -0.05) is 19.1 Å². The molecule has 4 nitrogen and oxygen atoms in total. The first-order valence-electron chi connectivity index (χ1n) is 7.45. The Balaban J connectivity index is 2.91. The molecule has 0 spiro atoms. The number of rotatable bonds is 5. The summed E-state index contributed by atoms with van der Waals surface area (Å²) in [5.41, 5.74) is 0.740. The molecule has 0 aliphatic carbocycles. The zero-order valence-corrected chi connectivity index (χ0v) is 14.6. The standard InChI is InChI=1S/C16H31N3O/c1-12(2)20-16(8,9)11-15(6,7)13-10-19(18-17-13)14(3,4)5/h10,12H,11H2,1-9H3. The van der Waals surface area contributed by atoms with E-state index in [-0.39, 0.29) is 22.7 Å². The first kappa shape index (κ1) is 17.2. The SMILES string of the molecule is CC(C)OC(C)(C)CC(C)(C)c1cn(C(C)(C)C)nn1. The van der Waals surface area contributed by atoms with Crippen LogP contribution in [-0.4, -0.2) is 26.7 Å². The van der Waals surface area contributed by atoms with Crippen molar-refractivity contribution in [2.75, 3.05) is 0 Å². The van der Waals surface area contributed by atoms with Crippen LogP contribution in [0.4, 0.5) is 0 Å². The van der Waals surface area contributed by atoms with Crippen molar-refractivity contribution in [3.05, 3.63) is 11.9 Å². The Labute approximate surface area is 123 Å². The van der Waals surface area contributed by atoms with E-state index in [0.717, 1.165) is 12.1 Å². The molecule has 1 heterocycles. The van der Waals surface area contributed by atoms with Gasteiger partial charge in [0, 0.05) is 11.6 Å². The van der Waals surface area contributed by atoms with Crippen molar-refractivity contribution in [3.63, 3.8) is 0 Å². The molecule has 1 aromatic rings. The molecule has 20 heavy (non-hydrogen) atoms. The number of hydrogen-bond donors (Lipinski definition) is 0. The van der Waals surface area contributed by atoms with Gasteiger partial charge in [-0.25, -0.2) is 4.68 Å². The van der Waals surface area contributed by atoms with Gasteiger partial charge in [0.05, 0.1) is 22.9 Å². The van der Waals surface area contributed by atoms with Crippen LogP contribution in [0.3, 0.4) is 0 Å². The maximum atomic E-state index is 6.01. The van der Waals surface area contributed by atoms with Crippen LogP contribution in [0.15, 0.2) is 6.20 Å². The first-order chi connectivity index (χ1) is 8.83. The van der Waals surface area contributed by atoms with Crippen molar-refractivity contribution in [1.29, 1.82) is 0 Å². The minimum absolute atomic E-state index is 0.0364. The highest BCUT2D eigenvalue weighted by atomic mass is 16.5. The minimum Gasteiger partial charge on any atom is -0.373 e. The first-order valence-corrected chi connectivity index (χ1v) is 7.45. The highest BCUT2D eigenvalue weighted by Gasteiger charge is 2.34. The molecule has 0 radical (unpaired) electrons. The molecule has 0 atom stereocenters. The fourth-order valence-corrected chi connectivity index (χ4v) is 2.74. The van der Waals surface area contributed by atoms with Gasteiger partial charge in [0.25, 0.3) is 0 Å². The van der Waals surface area contributed by atoms with Crippen LogP contribution in [0.2, 0.25) is 0 Å². The van der Waals surface area contributed by atoms with E-state index in [2.05, 4.69) is 78.8 Å². The number of hydrogen-bond acceptors (Lipinski definition) is 3. The lowest BCUT2D eigenvalue weighted by atomic mass is 9.79. The second-order valence-electron chi connectivity index (χ2n) is 8.21. The van der Waals surface area contributed by atoms with Gasteiger partial charge < -0.3 is 4.74 Å². The molecule has 0 aliphatic heterocycles. The Morgan fingerprint density at radius 2 is 1.65 bits per heavy atom. The van der Waals surface area contributed by atoms with Crippen LogP contribution in [0.5, 0.6) is 0 Å². The van der Waals surface area contributed by atoms with Crippen molar-refractivity contribution >= 4 is 0 Å². The Morgan fingerprint density at radius 3 is 2.05 bits per heavy atom. The summed E-state index contributed by atoms with van der Waals surface area (Å²) >= 11 is 0. The Hall–Kier alpha value is -0.900. The van der Waals surface area contributed by atoms with E-state index in [1.165, 1.54) is 0 Å². The van der Waals surface area contributed by atoms with E-state index < -0.39 is 0 Å². The summed E-state index contributed by atoms with van der Waals surface area (Å²) < 4.78 is 7.95. The Morgan fingerprint density at radius 1 is 1.10 bits per heavy atom. The summed E-state index contributed by atoms with van der Waals surface area (Å²) in [5, 5.41) is 8.65. The fourth-order valence-electron chi connectivity index (χ4n) is 2.74. The van der Waals surface area contributed by atoms with Gasteiger partial charge in [0.2, 0.25) is 0 Å². The highest BCUT2D eigenvalue weighted by molar-refractivity contribution is 5.11. The quantitative estimate of drug-likeness (QED) is 0.821. The molecule has 1 aromatic heterocycles. The van der Waals surface area contributed by atoms with Gasteiger partial charge in [-0.2, -0.15) is 0 Å². The smallest absolute Gasteiger partial charge is 0.0884 e. The summed E-state index contributed by atoms with van der Waals surface area (Å²) in [5.74, 6) is 0. The predicted molar refractivity (Wildman–Crippen MR) is 83.0 cm³/mol. The Bertz CT molecular complexity index is 439. The topological polar surface area (TPSA) is 39.9 Å². The summed E-state index contributed by atoms with van der Waals surface area (Å²) in [4.78, 5) is 0. The molecule has 0 N–H and O–H groups in total. The second-order valence-corrected chi connectivity index (χ2v) is 8.21. The zero-order valence-electron chi connectivity index (χ0n) is 14.6. The van der Waals surface area contributed by atoms with Crippen molar-refractivity contribution in [2.45, 2.75) is 91.4 Å². The minimum atomic E-state index is -0.177. The molecule has 0 saturated carbocycles. The summed E-state index contributed by atoms with van der Waals surface area (Å²) in [7, 11) is 0. The molecular formula is C16H31N3O. The maximum absolute atomic E-state index is 6.01. The van der Waals surface area contributed by atoms with Crippen LogP contribution in [0, 0.1) is 0 Å². The van der Waals surface area contributed by atoms with Crippen molar-refractivity contribution in [1.82, 2.24) is 15.0 Å². The van der Waals surface area contributed by atoms with Crippen LogP contribution in [0.1, 0.15) is 74.4 Å². The maximum Gasteiger partial charge on any atom is 0.0884 e. The van der Waals surface area contributed by atoms with E-state index in [0.29, 0.717) is 0 Å². The van der Waals surface area contributed by atoms with Crippen molar-refractivity contribution in [3.8, 4) is 0 Å². The van der Waals surface area contributed by atoms with Gasteiger partial charge in [0.1, 0.15) is 0 Å². The molecule has 0 amide bonds. The molecule has 0 aromatic carbocycles. The van der Waals surface area contributed by atoms with Crippen molar-refractivity contribution in [2.24, 2.45) is 0 Å². The summed E-state index contributed by atoms with van der Waals surface area (Å²) in [6.45, 7) is 19.2. The normalized spacial score (nSPS) is 14.1. The predicted octanol–water partition coefficient (Wildman–Crippen LogP) is 3.90. The lowest BCUT2D eigenvalue weighted by Gasteiger charge is -2.35. The van der Waals surface area contributed by atoms with Gasteiger partial charge in [-0.05, 0) is 54.9 Å². The molecule has 1 rings (SSSR count). The fraction of sp³-hybridized carbons (Fsp3) is 0.875. The van der Waals surface area contributed by atoms with E-state index in [1.54, 1.807) is 0 Å². The molecule has 116 valence electrons. The average Bonchev–Trinajstić information content (AvgIpc) is 2.60. The largest absolute Gasteiger partial charge is 0.373 e. The summed E-state index contributed by atoms with van der Waals surface area (Å²) in [6.07, 6.45) is 3.19. The highest BCUT2D eigenvalue weighted by Crippen LogP contribution is 2.33. The van der Waals surface area contributed by atoms with Gasteiger partial charge in [-0.3, -0.25) is 0 Å². The molecule has 0 bridgehead atoms. The zero-order chi connectivity index (χ0) is 15.8. The van der Waals surface area contributed by atoms with Gasteiger partial charge in [-0.15, -0.1) is 5.10 Å². The van der Waals surface area contributed by atoms with E-state index in [9.17, 15) is 0 Å². The third-order valence-electron chi connectivity index (χ3n) is 3.30. The molecular weight excluding hydrogens is 250 g/mol. The van der Waals surface area contributed by atoms with Gasteiger partial charge in [0.15, 0.2) is 0 Å². The molecule has 0 fully saturated rings. The van der Waals surface area contributed by atoms with E-state index in [1.807, 2.05) is 4.68 Å². The Kier molecular flexibility index (Phi) is 4.69. The lowest BCUT2D eigenvalue weighted by molar-refractivity contribution is -0.0704. The molecule has 4 heteroatoms. The van der Waals surface area contributed by atoms with E-state index >= 15 is 0 Å². The molecule has 0 saturated heterocycles. The van der Waals surface area contributed by atoms with Crippen LogP contribution in [-0.2, 0) is 15.7 Å². The van der Waals surface area contributed by atoms with Crippen LogP contribution in [0.25, 0.3) is 0 Å². The van der Waals surface area contributed by atoms with E-state index in [4.69, 9.17) is 4.74 Å². The third-order valence-corrected chi connectivity index (χ3v) is 3.30. The monoisotopic (exact) mass is 281 g/mol. The molecule has 0 aliphatic rings. The van der Waals surface area contributed by atoms with Gasteiger partial charge >= 0.3 is 0 Å². The molecule has 0 unspecified atom stereocenters. The number of ether oxygens (including phenoxy) is 1. The summed E-state index contributed by atoms with van der Waals surface area (Å²) in [6, 6.07) is 0. The number of aromatic nitrogens is 3. The lowest BCUT2D eigenvalue weighted by Crippen LogP contribution is -2.36. The van der Waals surface area contributed by atoms with Crippen LogP contribution < -0.4 is 0 Å².